The van der Waals surface area contributed by atoms with Crippen molar-refractivity contribution in [3.8, 4) is 5.75 Å². The van der Waals surface area contributed by atoms with E-state index < -0.39 is 10.0 Å². The molecule has 1 N–H and O–H groups in total. The van der Waals surface area contributed by atoms with Crippen LogP contribution in [0.5, 0.6) is 5.75 Å². The van der Waals surface area contributed by atoms with E-state index in [1.54, 1.807) is 36.0 Å². The second-order valence-corrected chi connectivity index (χ2v) is 9.56. The van der Waals surface area contributed by atoms with Gasteiger partial charge in [0.25, 0.3) is 0 Å². The molecule has 1 aliphatic rings. The Bertz CT molecular complexity index is 937. The van der Waals surface area contributed by atoms with Crippen LogP contribution in [0.4, 0.5) is 5.69 Å². The van der Waals surface area contributed by atoms with E-state index in [1.165, 1.54) is 4.31 Å². The minimum absolute atomic E-state index is 0.0513. The summed E-state index contributed by atoms with van der Waals surface area (Å²) in [5.74, 6) is 0.397. The molecule has 8 heteroatoms. The molecule has 1 saturated heterocycles. The number of thioether (sulfide) groups is 1. The van der Waals surface area contributed by atoms with Gasteiger partial charge in [-0.25, -0.2) is 8.42 Å². The zero-order valence-electron chi connectivity index (χ0n) is 16.6. The maximum atomic E-state index is 12.9. The summed E-state index contributed by atoms with van der Waals surface area (Å²) in [6.07, 6.45) is 2.97. The van der Waals surface area contributed by atoms with Gasteiger partial charge in [0.05, 0.1) is 17.2 Å². The molecule has 3 rings (SSSR count). The summed E-state index contributed by atoms with van der Waals surface area (Å²) in [5, 5.41) is 2.99. The minimum atomic E-state index is -3.57. The number of rotatable bonds is 7. The van der Waals surface area contributed by atoms with E-state index in [9.17, 15) is 13.2 Å². The molecule has 0 bridgehead atoms. The number of carbonyl (C=O) groups is 1. The average Bonchev–Trinajstić information content (AvgIpc) is 2.75. The summed E-state index contributed by atoms with van der Waals surface area (Å²) in [4.78, 5) is 13.9. The monoisotopic (exact) mass is 434 g/mol. The zero-order valence-corrected chi connectivity index (χ0v) is 18.3. The number of hydrogen-bond donors (Lipinski definition) is 1. The summed E-state index contributed by atoms with van der Waals surface area (Å²) in [7, 11) is -3.57. The Balaban J connectivity index is 1.61. The molecule has 0 aliphatic carbocycles. The highest BCUT2D eigenvalue weighted by atomic mass is 32.2. The van der Waals surface area contributed by atoms with Gasteiger partial charge in [-0.05, 0) is 62.4 Å². The van der Waals surface area contributed by atoms with Gasteiger partial charge in [-0.1, -0.05) is 12.1 Å². The quantitative estimate of drug-likeness (QED) is 0.670. The number of para-hydroxylation sites is 1. The number of nitrogens with zero attached hydrogens (tertiary/aromatic N) is 1. The van der Waals surface area contributed by atoms with Crippen LogP contribution in [0.1, 0.15) is 19.8 Å². The number of benzene rings is 2. The van der Waals surface area contributed by atoms with Gasteiger partial charge in [0.2, 0.25) is 15.9 Å². The van der Waals surface area contributed by atoms with Crippen molar-refractivity contribution in [2.45, 2.75) is 29.6 Å². The van der Waals surface area contributed by atoms with Crippen LogP contribution in [0.15, 0.2) is 58.3 Å². The van der Waals surface area contributed by atoms with Crippen LogP contribution >= 0.6 is 11.8 Å². The Morgan fingerprint density at radius 3 is 2.41 bits per heavy atom. The zero-order chi connectivity index (χ0) is 20.9. The Labute approximate surface area is 176 Å². The smallest absolute Gasteiger partial charge is 0.243 e. The van der Waals surface area contributed by atoms with Gasteiger partial charge < -0.3 is 10.1 Å². The number of hydrogen-bond acceptors (Lipinski definition) is 5. The number of carbonyl (C=O) groups excluding carboxylic acids is 1. The number of piperidine rings is 1. The molecule has 29 heavy (non-hydrogen) atoms. The van der Waals surface area contributed by atoms with Crippen molar-refractivity contribution in [2.75, 3.05) is 31.3 Å². The second kappa shape index (κ2) is 9.65. The lowest BCUT2D eigenvalue weighted by Gasteiger charge is -2.30. The third-order valence-electron chi connectivity index (χ3n) is 4.96. The maximum Gasteiger partial charge on any atom is 0.243 e. The molecule has 1 fully saturated rings. The topological polar surface area (TPSA) is 75.7 Å². The van der Waals surface area contributed by atoms with Crippen molar-refractivity contribution in [3.05, 3.63) is 48.5 Å². The first-order chi connectivity index (χ1) is 14.0. The molecular weight excluding hydrogens is 408 g/mol. The molecule has 1 amide bonds. The highest BCUT2D eigenvalue weighted by molar-refractivity contribution is 7.98. The minimum Gasteiger partial charge on any atom is -0.494 e. The molecule has 6 nitrogen and oxygen atoms in total. The number of amides is 1. The predicted octanol–water partition coefficient (Wildman–Crippen LogP) is 3.85. The fourth-order valence-electron chi connectivity index (χ4n) is 3.36. The summed E-state index contributed by atoms with van der Waals surface area (Å²) >= 11 is 1.58. The summed E-state index contributed by atoms with van der Waals surface area (Å²) in [5.41, 5.74) is 0.800. The van der Waals surface area contributed by atoms with Crippen LogP contribution in [0, 0.1) is 5.92 Å². The molecule has 0 atom stereocenters. The Morgan fingerprint density at radius 2 is 1.79 bits per heavy atom. The van der Waals surface area contributed by atoms with Crippen LogP contribution in [-0.4, -0.2) is 44.6 Å². The first-order valence-electron chi connectivity index (χ1n) is 9.62. The molecule has 1 heterocycles. The van der Waals surface area contributed by atoms with E-state index in [-0.39, 0.29) is 16.7 Å². The van der Waals surface area contributed by atoms with E-state index in [1.807, 2.05) is 37.4 Å². The van der Waals surface area contributed by atoms with Gasteiger partial charge in [-0.3, -0.25) is 4.79 Å². The molecular formula is C21H26N2O4S2. The number of sulfonamides is 1. The van der Waals surface area contributed by atoms with Crippen molar-refractivity contribution in [1.29, 1.82) is 0 Å². The number of anilines is 1. The maximum absolute atomic E-state index is 12.9. The SMILES string of the molecule is CCOc1ccc(S(=O)(=O)N2CCC(C(=O)Nc3ccccc3SC)CC2)cc1. The van der Waals surface area contributed by atoms with Crippen LogP contribution < -0.4 is 10.1 Å². The lowest BCUT2D eigenvalue weighted by Crippen LogP contribution is -2.41. The fourth-order valence-corrected chi connectivity index (χ4v) is 5.39. The Hall–Kier alpha value is -2.03. The third kappa shape index (κ3) is 5.12. The number of ether oxygens (including phenoxy) is 1. The van der Waals surface area contributed by atoms with E-state index in [2.05, 4.69) is 5.32 Å². The van der Waals surface area contributed by atoms with E-state index in [4.69, 9.17) is 4.74 Å². The normalized spacial score (nSPS) is 15.8. The van der Waals surface area contributed by atoms with Gasteiger partial charge in [0.1, 0.15) is 5.75 Å². The lowest BCUT2D eigenvalue weighted by molar-refractivity contribution is -0.120. The average molecular weight is 435 g/mol. The molecule has 0 radical (unpaired) electrons. The highest BCUT2D eigenvalue weighted by Gasteiger charge is 2.32. The van der Waals surface area contributed by atoms with Gasteiger partial charge in [-0.15, -0.1) is 11.8 Å². The van der Waals surface area contributed by atoms with E-state index in [0.29, 0.717) is 38.3 Å². The fraction of sp³-hybridized carbons (Fsp3) is 0.381. The number of nitrogens with one attached hydrogen (secondary N) is 1. The van der Waals surface area contributed by atoms with Crippen molar-refractivity contribution >= 4 is 33.4 Å². The first-order valence-corrected chi connectivity index (χ1v) is 12.3. The van der Waals surface area contributed by atoms with Gasteiger partial charge in [0, 0.05) is 23.9 Å². The molecule has 1 aliphatic heterocycles. The van der Waals surface area contributed by atoms with E-state index in [0.717, 1.165) is 10.6 Å². The van der Waals surface area contributed by atoms with Gasteiger partial charge in [0.15, 0.2) is 0 Å². The first kappa shape index (κ1) is 21.7. The summed E-state index contributed by atoms with van der Waals surface area (Å²) in [6, 6.07) is 14.1. The van der Waals surface area contributed by atoms with Crippen molar-refractivity contribution in [1.82, 2.24) is 4.31 Å². The standard InChI is InChI=1S/C21H26N2O4S2/c1-3-27-17-8-10-18(11-9-17)29(25,26)23-14-12-16(13-15-23)21(24)22-19-6-4-5-7-20(19)28-2/h4-11,16H,3,12-15H2,1-2H3,(H,22,24). The molecule has 0 unspecified atom stereocenters. The van der Waals surface area contributed by atoms with Gasteiger partial charge >= 0.3 is 0 Å². The largest absolute Gasteiger partial charge is 0.494 e. The Morgan fingerprint density at radius 1 is 1.14 bits per heavy atom. The van der Waals surface area contributed by atoms with E-state index >= 15 is 0 Å². The molecule has 0 saturated carbocycles. The van der Waals surface area contributed by atoms with Crippen LogP contribution in [0.3, 0.4) is 0 Å². The van der Waals surface area contributed by atoms with Crippen LogP contribution in [0.2, 0.25) is 0 Å². The molecule has 156 valence electrons. The van der Waals surface area contributed by atoms with Crippen molar-refractivity contribution in [2.24, 2.45) is 5.92 Å². The van der Waals surface area contributed by atoms with Crippen molar-refractivity contribution < 1.29 is 17.9 Å². The van der Waals surface area contributed by atoms with Crippen molar-refractivity contribution in [3.63, 3.8) is 0 Å². The molecule has 2 aromatic carbocycles. The predicted molar refractivity (Wildman–Crippen MR) is 116 cm³/mol. The second-order valence-electron chi connectivity index (χ2n) is 6.77. The Kier molecular flexibility index (Phi) is 7.21. The van der Waals surface area contributed by atoms with Crippen LogP contribution in [-0.2, 0) is 14.8 Å². The summed E-state index contributed by atoms with van der Waals surface area (Å²) < 4.78 is 32.6. The molecule has 2 aromatic rings. The highest BCUT2D eigenvalue weighted by Crippen LogP contribution is 2.28. The lowest BCUT2D eigenvalue weighted by atomic mass is 9.97. The summed E-state index contributed by atoms with van der Waals surface area (Å²) in [6.45, 7) is 3.07. The molecule has 0 spiro atoms. The molecule has 0 aromatic heterocycles. The third-order valence-corrected chi connectivity index (χ3v) is 7.67. The van der Waals surface area contributed by atoms with Gasteiger partial charge in [-0.2, -0.15) is 4.31 Å². The van der Waals surface area contributed by atoms with Crippen LogP contribution in [0.25, 0.3) is 0 Å².